The van der Waals surface area contributed by atoms with Crippen LogP contribution in [0.3, 0.4) is 0 Å². The van der Waals surface area contributed by atoms with Gasteiger partial charge in [0.25, 0.3) is 5.56 Å². The van der Waals surface area contributed by atoms with Crippen LogP contribution < -0.4 is 5.56 Å². The fourth-order valence-electron chi connectivity index (χ4n) is 1.24. The molecule has 0 fully saturated rings. The molecule has 0 aliphatic heterocycles. The van der Waals surface area contributed by atoms with E-state index in [4.69, 9.17) is 11.6 Å². The van der Waals surface area contributed by atoms with E-state index in [9.17, 15) is 4.79 Å². The quantitative estimate of drug-likeness (QED) is 0.658. The maximum absolute atomic E-state index is 11.4. The summed E-state index contributed by atoms with van der Waals surface area (Å²) in [5.74, 6) is 0. The summed E-state index contributed by atoms with van der Waals surface area (Å²) < 4.78 is 1.21. The standard InChI is InChI=1S/C9H8ClN3O/c1-5-6(2)9-11-4-3-7(14)13(9)12-8(5)10/h3-4H,1-2H3. The van der Waals surface area contributed by atoms with Crippen molar-refractivity contribution in [3.05, 3.63) is 38.9 Å². The van der Waals surface area contributed by atoms with Gasteiger partial charge in [-0.2, -0.15) is 9.61 Å². The highest BCUT2D eigenvalue weighted by Gasteiger charge is 2.08. The van der Waals surface area contributed by atoms with Crippen molar-refractivity contribution >= 4 is 17.2 Å². The van der Waals surface area contributed by atoms with Gasteiger partial charge in [-0.05, 0) is 25.0 Å². The molecule has 72 valence electrons. The lowest BCUT2D eigenvalue weighted by molar-refractivity contribution is 0.852. The van der Waals surface area contributed by atoms with E-state index in [0.717, 1.165) is 11.1 Å². The predicted octanol–water partition coefficient (Wildman–Crippen LogP) is 1.36. The predicted molar refractivity (Wildman–Crippen MR) is 53.7 cm³/mol. The average Bonchev–Trinajstić information content (AvgIpc) is 2.17. The van der Waals surface area contributed by atoms with Gasteiger partial charge in [0.2, 0.25) is 0 Å². The normalized spacial score (nSPS) is 10.8. The first-order chi connectivity index (χ1) is 6.61. The molecule has 0 aliphatic carbocycles. The molecule has 0 spiro atoms. The number of halogens is 1. The van der Waals surface area contributed by atoms with Crippen LogP contribution in [-0.2, 0) is 0 Å². The number of nitrogens with zero attached hydrogens (tertiary/aromatic N) is 3. The van der Waals surface area contributed by atoms with Crippen molar-refractivity contribution in [2.45, 2.75) is 13.8 Å². The van der Waals surface area contributed by atoms with Gasteiger partial charge in [0.15, 0.2) is 10.8 Å². The van der Waals surface area contributed by atoms with E-state index in [1.165, 1.54) is 16.8 Å². The van der Waals surface area contributed by atoms with Crippen LogP contribution in [0.4, 0.5) is 0 Å². The molecule has 0 atom stereocenters. The molecule has 0 amide bonds. The number of aromatic nitrogens is 3. The van der Waals surface area contributed by atoms with Crippen LogP contribution in [0.25, 0.3) is 5.65 Å². The lowest BCUT2D eigenvalue weighted by atomic mass is 10.2. The van der Waals surface area contributed by atoms with Crippen molar-refractivity contribution < 1.29 is 0 Å². The minimum Gasteiger partial charge on any atom is -0.267 e. The highest BCUT2D eigenvalue weighted by atomic mass is 35.5. The Bertz CT molecular complexity index is 562. The summed E-state index contributed by atoms with van der Waals surface area (Å²) in [5, 5.41) is 4.28. The molecule has 0 unspecified atom stereocenters. The van der Waals surface area contributed by atoms with Crippen molar-refractivity contribution in [3.8, 4) is 0 Å². The van der Waals surface area contributed by atoms with Crippen molar-refractivity contribution in [2.75, 3.05) is 0 Å². The number of fused-ring (bicyclic) bond motifs is 1. The van der Waals surface area contributed by atoms with Gasteiger partial charge < -0.3 is 0 Å². The summed E-state index contributed by atoms with van der Waals surface area (Å²) in [6.45, 7) is 3.72. The second-order valence-corrected chi connectivity index (χ2v) is 3.42. The molecule has 2 aromatic rings. The second kappa shape index (κ2) is 3.06. The molecule has 0 N–H and O–H groups in total. The summed E-state index contributed by atoms with van der Waals surface area (Å²) in [5.41, 5.74) is 2.06. The largest absolute Gasteiger partial charge is 0.274 e. The van der Waals surface area contributed by atoms with Gasteiger partial charge in [0.05, 0.1) is 0 Å². The third-order valence-electron chi connectivity index (χ3n) is 2.22. The third-order valence-corrected chi connectivity index (χ3v) is 2.58. The first-order valence-electron chi connectivity index (χ1n) is 4.12. The molecule has 2 aromatic heterocycles. The Kier molecular flexibility index (Phi) is 2.00. The molecule has 2 heterocycles. The smallest absolute Gasteiger partial charge is 0.267 e. The molecular formula is C9H8ClN3O. The monoisotopic (exact) mass is 209 g/mol. The Morgan fingerprint density at radius 2 is 2.07 bits per heavy atom. The van der Waals surface area contributed by atoms with Gasteiger partial charge in [-0.3, -0.25) is 4.79 Å². The second-order valence-electron chi connectivity index (χ2n) is 3.06. The molecule has 0 aromatic carbocycles. The molecule has 0 saturated carbocycles. The highest BCUT2D eigenvalue weighted by Crippen LogP contribution is 2.17. The van der Waals surface area contributed by atoms with E-state index in [-0.39, 0.29) is 5.56 Å². The summed E-state index contributed by atoms with van der Waals surface area (Å²) in [6, 6.07) is 1.35. The lowest BCUT2D eigenvalue weighted by Gasteiger charge is -2.05. The van der Waals surface area contributed by atoms with E-state index in [1.807, 2.05) is 13.8 Å². The van der Waals surface area contributed by atoms with Crippen LogP contribution in [0.1, 0.15) is 11.1 Å². The number of rotatable bonds is 0. The van der Waals surface area contributed by atoms with Crippen LogP contribution in [-0.4, -0.2) is 14.6 Å². The van der Waals surface area contributed by atoms with Crippen molar-refractivity contribution in [1.82, 2.24) is 14.6 Å². The Balaban J connectivity index is 3.06. The van der Waals surface area contributed by atoms with Gasteiger partial charge in [0.1, 0.15) is 0 Å². The summed E-state index contributed by atoms with van der Waals surface area (Å²) >= 11 is 5.87. The molecule has 2 rings (SSSR count). The summed E-state index contributed by atoms with van der Waals surface area (Å²) in [4.78, 5) is 15.5. The minimum absolute atomic E-state index is 0.222. The van der Waals surface area contributed by atoms with Crippen LogP contribution in [0.5, 0.6) is 0 Å². The molecule has 14 heavy (non-hydrogen) atoms. The Morgan fingerprint density at radius 3 is 2.79 bits per heavy atom. The third kappa shape index (κ3) is 1.19. The summed E-state index contributed by atoms with van der Waals surface area (Å²) in [6.07, 6.45) is 1.47. The van der Waals surface area contributed by atoms with Crippen LogP contribution in [0.15, 0.2) is 17.1 Å². The molecular weight excluding hydrogens is 202 g/mol. The first kappa shape index (κ1) is 9.15. The van der Waals surface area contributed by atoms with E-state index in [1.54, 1.807) is 0 Å². The first-order valence-corrected chi connectivity index (χ1v) is 4.50. The maximum atomic E-state index is 11.4. The van der Waals surface area contributed by atoms with Gasteiger partial charge in [-0.25, -0.2) is 4.98 Å². The lowest BCUT2D eigenvalue weighted by Crippen LogP contribution is -2.17. The SMILES string of the molecule is Cc1c(Cl)nn2c(=O)ccnc2c1C. The molecule has 0 saturated heterocycles. The number of hydrogen-bond donors (Lipinski definition) is 0. The van der Waals surface area contributed by atoms with Crippen LogP contribution in [0.2, 0.25) is 5.15 Å². The van der Waals surface area contributed by atoms with Crippen molar-refractivity contribution in [2.24, 2.45) is 0 Å². The maximum Gasteiger partial charge on any atom is 0.274 e. The molecule has 0 bridgehead atoms. The van der Waals surface area contributed by atoms with Crippen LogP contribution in [0, 0.1) is 13.8 Å². The van der Waals surface area contributed by atoms with E-state index in [0.29, 0.717) is 10.8 Å². The van der Waals surface area contributed by atoms with Gasteiger partial charge in [0, 0.05) is 12.3 Å². The summed E-state index contributed by atoms with van der Waals surface area (Å²) in [7, 11) is 0. The zero-order valence-electron chi connectivity index (χ0n) is 7.78. The molecule has 0 radical (unpaired) electrons. The zero-order valence-corrected chi connectivity index (χ0v) is 8.54. The topological polar surface area (TPSA) is 47.3 Å². The van der Waals surface area contributed by atoms with Gasteiger partial charge in [-0.15, -0.1) is 0 Å². The Morgan fingerprint density at radius 1 is 1.36 bits per heavy atom. The van der Waals surface area contributed by atoms with Gasteiger partial charge >= 0.3 is 0 Å². The zero-order chi connectivity index (χ0) is 10.3. The number of hydrogen-bond acceptors (Lipinski definition) is 3. The fourth-order valence-corrected chi connectivity index (χ4v) is 1.46. The van der Waals surface area contributed by atoms with Crippen LogP contribution >= 0.6 is 11.6 Å². The Hall–Kier alpha value is -1.42. The van der Waals surface area contributed by atoms with E-state index in [2.05, 4.69) is 10.1 Å². The number of aryl methyl sites for hydroxylation is 1. The molecule has 4 nitrogen and oxygen atoms in total. The minimum atomic E-state index is -0.222. The fraction of sp³-hybridized carbons (Fsp3) is 0.222. The highest BCUT2D eigenvalue weighted by molar-refractivity contribution is 6.30. The average molecular weight is 210 g/mol. The van der Waals surface area contributed by atoms with E-state index >= 15 is 0 Å². The Labute approximate surface area is 85.2 Å². The van der Waals surface area contributed by atoms with Crippen molar-refractivity contribution in [3.63, 3.8) is 0 Å². The van der Waals surface area contributed by atoms with Crippen molar-refractivity contribution in [1.29, 1.82) is 0 Å². The molecule has 0 aliphatic rings. The molecule has 5 heteroatoms. The van der Waals surface area contributed by atoms with E-state index < -0.39 is 0 Å². The van der Waals surface area contributed by atoms with Gasteiger partial charge in [-0.1, -0.05) is 11.6 Å².